The fourth-order valence-corrected chi connectivity index (χ4v) is 1.92. The molecule has 5 heteroatoms. The minimum Gasteiger partial charge on any atom is -0.393 e. The summed E-state index contributed by atoms with van der Waals surface area (Å²) in [6.45, 7) is 1.73. The topological polar surface area (TPSA) is 50.9 Å². The van der Waals surface area contributed by atoms with Crippen LogP contribution in [0.25, 0.3) is 5.69 Å². The van der Waals surface area contributed by atoms with Crippen molar-refractivity contribution in [3.8, 4) is 5.69 Å². The lowest BCUT2D eigenvalue weighted by atomic mass is 10.2. The fraction of sp³-hybridized carbons (Fsp3) is 0.273. The van der Waals surface area contributed by atoms with Crippen molar-refractivity contribution >= 4 is 15.9 Å². The van der Waals surface area contributed by atoms with E-state index in [2.05, 4.69) is 26.2 Å². The van der Waals surface area contributed by atoms with Gasteiger partial charge in [-0.15, -0.1) is 5.10 Å². The molecular formula is C11H12BrN3O. The van der Waals surface area contributed by atoms with Crippen molar-refractivity contribution in [3.63, 3.8) is 0 Å². The molecule has 2 rings (SSSR count). The number of hydrogen-bond acceptors (Lipinski definition) is 3. The molecule has 4 nitrogen and oxygen atoms in total. The second-order valence-corrected chi connectivity index (χ2v) is 4.51. The lowest BCUT2D eigenvalue weighted by Gasteiger charge is -2.02. The van der Waals surface area contributed by atoms with E-state index in [1.54, 1.807) is 11.6 Å². The van der Waals surface area contributed by atoms with Crippen molar-refractivity contribution < 1.29 is 5.11 Å². The number of rotatable bonds is 3. The van der Waals surface area contributed by atoms with Crippen molar-refractivity contribution in [2.24, 2.45) is 0 Å². The van der Waals surface area contributed by atoms with E-state index in [1.165, 1.54) is 0 Å². The van der Waals surface area contributed by atoms with Gasteiger partial charge in [0.05, 0.1) is 23.7 Å². The van der Waals surface area contributed by atoms with Crippen LogP contribution in [-0.2, 0) is 6.42 Å². The first-order chi connectivity index (χ1) is 7.66. The van der Waals surface area contributed by atoms with E-state index in [4.69, 9.17) is 0 Å². The molecule has 1 N–H and O–H groups in total. The molecule has 0 saturated heterocycles. The van der Waals surface area contributed by atoms with Crippen LogP contribution in [0.3, 0.4) is 0 Å². The molecule has 0 spiro atoms. The third kappa shape index (κ3) is 2.48. The Labute approximate surface area is 102 Å². The van der Waals surface area contributed by atoms with Crippen LogP contribution < -0.4 is 0 Å². The molecule has 0 saturated carbocycles. The van der Waals surface area contributed by atoms with Crippen molar-refractivity contribution in [1.29, 1.82) is 0 Å². The molecule has 0 aliphatic heterocycles. The second kappa shape index (κ2) is 4.76. The number of hydrogen-bond donors (Lipinski definition) is 1. The Morgan fingerprint density at radius 3 is 2.88 bits per heavy atom. The van der Waals surface area contributed by atoms with E-state index in [0.29, 0.717) is 6.42 Å². The van der Waals surface area contributed by atoms with Gasteiger partial charge in [-0.05, 0) is 35.0 Å². The van der Waals surface area contributed by atoms with Gasteiger partial charge in [-0.25, -0.2) is 4.68 Å². The molecule has 1 aromatic carbocycles. The Bertz CT molecular complexity index is 482. The van der Waals surface area contributed by atoms with Crippen molar-refractivity contribution in [1.82, 2.24) is 15.0 Å². The van der Waals surface area contributed by atoms with Crippen molar-refractivity contribution in [2.45, 2.75) is 19.4 Å². The van der Waals surface area contributed by atoms with Crippen LogP contribution in [0.5, 0.6) is 0 Å². The quantitative estimate of drug-likeness (QED) is 0.936. The van der Waals surface area contributed by atoms with E-state index in [-0.39, 0.29) is 0 Å². The third-order valence-corrected chi connectivity index (χ3v) is 2.82. The van der Waals surface area contributed by atoms with Crippen LogP contribution in [0.4, 0.5) is 0 Å². The highest BCUT2D eigenvalue weighted by atomic mass is 79.9. The summed E-state index contributed by atoms with van der Waals surface area (Å²) in [4.78, 5) is 0. The molecule has 0 fully saturated rings. The Morgan fingerprint density at radius 1 is 1.44 bits per heavy atom. The molecule has 0 aliphatic carbocycles. The summed E-state index contributed by atoms with van der Waals surface area (Å²) in [5.41, 5.74) is 1.72. The molecular weight excluding hydrogens is 270 g/mol. The van der Waals surface area contributed by atoms with E-state index in [9.17, 15) is 5.11 Å². The van der Waals surface area contributed by atoms with Crippen LogP contribution in [-0.4, -0.2) is 26.2 Å². The van der Waals surface area contributed by atoms with Gasteiger partial charge in [-0.2, -0.15) is 0 Å². The Kier molecular flexibility index (Phi) is 3.36. The Hall–Kier alpha value is -1.20. The zero-order valence-electron chi connectivity index (χ0n) is 8.84. The molecule has 1 aromatic heterocycles. The number of para-hydroxylation sites is 1. The molecule has 0 amide bonds. The second-order valence-electron chi connectivity index (χ2n) is 3.66. The average molecular weight is 282 g/mol. The predicted molar refractivity (Wildman–Crippen MR) is 64.4 cm³/mol. The molecule has 0 radical (unpaired) electrons. The summed E-state index contributed by atoms with van der Waals surface area (Å²) in [7, 11) is 0. The van der Waals surface area contributed by atoms with Crippen LogP contribution in [0, 0.1) is 0 Å². The van der Waals surface area contributed by atoms with Gasteiger partial charge in [0.15, 0.2) is 0 Å². The van der Waals surface area contributed by atoms with Crippen LogP contribution in [0.2, 0.25) is 0 Å². The summed E-state index contributed by atoms with van der Waals surface area (Å²) in [5, 5.41) is 17.3. The van der Waals surface area contributed by atoms with E-state index in [1.807, 2.05) is 30.5 Å². The summed E-state index contributed by atoms with van der Waals surface area (Å²) in [6.07, 6.45) is 1.95. The van der Waals surface area contributed by atoms with Gasteiger partial charge in [0.25, 0.3) is 0 Å². The van der Waals surface area contributed by atoms with Crippen molar-refractivity contribution in [3.05, 3.63) is 40.6 Å². The van der Waals surface area contributed by atoms with Gasteiger partial charge in [0.2, 0.25) is 0 Å². The van der Waals surface area contributed by atoms with Gasteiger partial charge in [0, 0.05) is 10.9 Å². The predicted octanol–water partition coefficient (Wildman–Crippen LogP) is 1.95. The maximum absolute atomic E-state index is 9.25. The molecule has 0 bridgehead atoms. The minimum atomic E-state index is -0.399. The zero-order chi connectivity index (χ0) is 11.5. The largest absolute Gasteiger partial charge is 0.393 e. The molecule has 0 aliphatic rings. The molecule has 1 heterocycles. The highest BCUT2D eigenvalue weighted by Crippen LogP contribution is 2.19. The Balaban J connectivity index is 2.28. The van der Waals surface area contributed by atoms with Gasteiger partial charge in [0.1, 0.15) is 0 Å². The van der Waals surface area contributed by atoms with Gasteiger partial charge in [-0.3, -0.25) is 0 Å². The lowest BCUT2D eigenvalue weighted by Crippen LogP contribution is -2.04. The number of benzene rings is 1. The molecule has 1 atom stereocenters. The molecule has 2 aromatic rings. The molecule has 1 unspecified atom stereocenters. The maximum Gasteiger partial charge on any atom is 0.0857 e. The normalized spacial score (nSPS) is 12.7. The third-order valence-electron chi connectivity index (χ3n) is 2.14. The lowest BCUT2D eigenvalue weighted by molar-refractivity contribution is 0.194. The monoisotopic (exact) mass is 281 g/mol. The average Bonchev–Trinajstić information content (AvgIpc) is 2.66. The zero-order valence-corrected chi connectivity index (χ0v) is 10.4. The van der Waals surface area contributed by atoms with Crippen molar-refractivity contribution in [2.75, 3.05) is 0 Å². The smallest absolute Gasteiger partial charge is 0.0857 e. The van der Waals surface area contributed by atoms with Crippen LogP contribution in [0.15, 0.2) is 34.9 Å². The standard InChI is InChI=1S/C11H12BrN3O/c1-8(16)6-9-7-15(14-13-9)11-5-3-2-4-10(11)12/h2-5,7-8,16H,6H2,1H3. The Morgan fingerprint density at radius 2 is 2.19 bits per heavy atom. The van der Waals surface area contributed by atoms with Gasteiger partial charge >= 0.3 is 0 Å². The summed E-state index contributed by atoms with van der Waals surface area (Å²) in [6, 6.07) is 7.79. The van der Waals surface area contributed by atoms with E-state index >= 15 is 0 Å². The van der Waals surface area contributed by atoms with Gasteiger partial charge in [-0.1, -0.05) is 17.3 Å². The van der Waals surface area contributed by atoms with Crippen LogP contribution >= 0.6 is 15.9 Å². The summed E-state index contributed by atoms with van der Waals surface area (Å²) < 4.78 is 2.66. The first kappa shape index (κ1) is 11.3. The molecule has 84 valence electrons. The fourth-order valence-electron chi connectivity index (χ4n) is 1.45. The summed E-state index contributed by atoms with van der Waals surface area (Å²) in [5.74, 6) is 0. The highest BCUT2D eigenvalue weighted by molar-refractivity contribution is 9.10. The first-order valence-corrected chi connectivity index (χ1v) is 5.80. The SMILES string of the molecule is CC(O)Cc1cn(-c2ccccc2Br)nn1. The van der Waals surface area contributed by atoms with Crippen LogP contribution in [0.1, 0.15) is 12.6 Å². The minimum absolute atomic E-state index is 0.399. The van der Waals surface area contributed by atoms with Gasteiger partial charge < -0.3 is 5.11 Å². The number of aliphatic hydroxyl groups is 1. The van der Waals surface area contributed by atoms with E-state index < -0.39 is 6.10 Å². The van der Waals surface area contributed by atoms with E-state index in [0.717, 1.165) is 15.9 Å². The first-order valence-electron chi connectivity index (χ1n) is 5.01. The summed E-state index contributed by atoms with van der Waals surface area (Å²) >= 11 is 3.46. The number of nitrogens with zero attached hydrogens (tertiary/aromatic N) is 3. The number of aromatic nitrogens is 3. The molecule has 16 heavy (non-hydrogen) atoms. The maximum atomic E-state index is 9.25. The number of halogens is 1. The number of aliphatic hydroxyl groups excluding tert-OH is 1. The highest BCUT2D eigenvalue weighted by Gasteiger charge is 2.07.